The van der Waals surface area contributed by atoms with Gasteiger partial charge in [0.2, 0.25) is 0 Å². The number of likely N-dealkylation sites (tertiary alicyclic amines) is 1. The van der Waals surface area contributed by atoms with Gasteiger partial charge in [-0.15, -0.1) is 5.10 Å². The number of benzene rings is 1. The van der Waals surface area contributed by atoms with E-state index in [9.17, 15) is 4.79 Å². The summed E-state index contributed by atoms with van der Waals surface area (Å²) in [5, 5.41) is 8.38. The molecule has 2 aromatic rings. The number of carbonyl (C=O) groups excluding carboxylic acids is 1. The minimum atomic E-state index is -0.485. The van der Waals surface area contributed by atoms with Crippen LogP contribution in [0.3, 0.4) is 0 Å². The standard InChI is InChI=1S/C20H29N5O2/c1-14-6-5-7-16(27-4)18(14)19(26)24-10-8-15(9-11-24)12-25-13-17(22-23-25)20(2,3)21/h5-7,13,15H,8-12,21H2,1-4H3. The molecule has 2 N–H and O–H groups in total. The molecular weight excluding hydrogens is 342 g/mol. The van der Waals surface area contributed by atoms with Gasteiger partial charge >= 0.3 is 0 Å². The first-order valence-corrected chi connectivity index (χ1v) is 9.42. The Balaban J connectivity index is 1.61. The van der Waals surface area contributed by atoms with Crippen LogP contribution in [0.25, 0.3) is 0 Å². The zero-order valence-corrected chi connectivity index (χ0v) is 16.6. The Morgan fingerprint density at radius 3 is 2.63 bits per heavy atom. The minimum Gasteiger partial charge on any atom is -0.496 e. The molecule has 0 unspecified atom stereocenters. The number of piperidine rings is 1. The highest BCUT2D eigenvalue weighted by molar-refractivity contribution is 5.98. The molecular formula is C20H29N5O2. The molecule has 1 aliphatic rings. The fourth-order valence-electron chi connectivity index (χ4n) is 3.51. The van der Waals surface area contributed by atoms with Gasteiger partial charge in [-0.1, -0.05) is 17.3 Å². The summed E-state index contributed by atoms with van der Waals surface area (Å²) in [7, 11) is 1.60. The van der Waals surface area contributed by atoms with E-state index in [-0.39, 0.29) is 5.91 Å². The quantitative estimate of drug-likeness (QED) is 0.872. The number of methoxy groups -OCH3 is 1. The Morgan fingerprint density at radius 1 is 1.33 bits per heavy atom. The normalized spacial score (nSPS) is 15.8. The van der Waals surface area contributed by atoms with E-state index >= 15 is 0 Å². The highest BCUT2D eigenvalue weighted by Crippen LogP contribution is 2.26. The van der Waals surface area contributed by atoms with Crippen molar-refractivity contribution in [3.63, 3.8) is 0 Å². The van der Waals surface area contributed by atoms with Gasteiger partial charge in [0.15, 0.2) is 0 Å². The van der Waals surface area contributed by atoms with Gasteiger partial charge in [-0.2, -0.15) is 0 Å². The second-order valence-corrected chi connectivity index (χ2v) is 7.94. The first kappa shape index (κ1) is 19.4. The Hall–Kier alpha value is -2.41. The van der Waals surface area contributed by atoms with Crippen LogP contribution in [0.5, 0.6) is 5.75 Å². The molecule has 1 aromatic heterocycles. The predicted molar refractivity (Wildman–Crippen MR) is 104 cm³/mol. The lowest BCUT2D eigenvalue weighted by Gasteiger charge is -2.32. The van der Waals surface area contributed by atoms with Crippen molar-refractivity contribution < 1.29 is 9.53 Å². The smallest absolute Gasteiger partial charge is 0.257 e. The Morgan fingerprint density at radius 2 is 2.04 bits per heavy atom. The highest BCUT2D eigenvalue weighted by Gasteiger charge is 2.27. The molecule has 0 bridgehead atoms. The molecule has 0 spiro atoms. The third kappa shape index (κ3) is 4.30. The van der Waals surface area contributed by atoms with Crippen LogP contribution >= 0.6 is 0 Å². The number of hydrogen-bond donors (Lipinski definition) is 1. The maximum Gasteiger partial charge on any atom is 0.257 e. The van der Waals surface area contributed by atoms with Crippen LogP contribution < -0.4 is 10.5 Å². The number of aromatic nitrogens is 3. The van der Waals surface area contributed by atoms with Crippen molar-refractivity contribution in [2.24, 2.45) is 11.7 Å². The van der Waals surface area contributed by atoms with Crippen LogP contribution in [0.1, 0.15) is 48.3 Å². The lowest BCUT2D eigenvalue weighted by atomic mass is 9.95. The first-order valence-electron chi connectivity index (χ1n) is 9.42. The fraction of sp³-hybridized carbons (Fsp3) is 0.550. The number of amides is 1. The van der Waals surface area contributed by atoms with Gasteiger partial charge in [0, 0.05) is 19.6 Å². The van der Waals surface area contributed by atoms with Crippen LogP contribution in [0, 0.1) is 12.8 Å². The van der Waals surface area contributed by atoms with Gasteiger partial charge in [-0.05, 0) is 51.2 Å². The molecule has 0 radical (unpaired) electrons. The zero-order valence-electron chi connectivity index (χ0n) is 16.6. The van der Waals surface area contributed by atoms with Crippen molar-refractivity contribution in [1.29, 1.82) is 0 Å². The Labute approximate surface area is 160 Å². The maximum absolute atomic E-state index is 13.0. The average Bonchev–Trinajstić information content (AvgIpc) is 3.10. The minimum absolute atomic E-state index is 0.0522. The number of hydrogen-bond acceptors (Lipinski definition) is 5. The average molecular weight is 371 g/mol. The molecule has 1 amide bonds. The first-order chi connectivity index (χ1) is 12.8. The van der Waals surface area contributed by atoms with Crippen LogP contribution in [-0.4, -0.2) is 46.0 Å². The van der Waals surface area contributed by atoms with Crippen LogP contribution in [0.2, 0.25) is 0 Å². The number of aryl methyl sites for hydroxylation is 1. The summed E-state index contributed by atoms with van der Waals surface area (Å²) in [4.78, 5) is 14.9. The lowest BCUT2D eigenvalue weighted by Crippen LogP contribution is -2.39. The van der Waals surface area contributed by atoms with Crippen molar-refractivity contribution in [3.05, 3.63) is 41.2 Å². The van der Waals surface area contributed by atoms with E-state index in [0.717, 1.165) is 43.7 Å². The van der Waals surface area contributed by atoms with Gasteiger partial charge in [0.25, 0.3) is 5.91 Å². The summed E-state index contributed by atoms with van der Waals surface area (Å²) in [6.07, 6.45) is 3.82. The Bertz CT molecular complexity index is 801. The molecule has 3 rings (SSSR count). The Kier molecular flexibility index (Phi) is 5.51. The van der Waals surface area contributed by atoms with E-state index in [1.807, 2.05) is 54.7 Å². The predicted octanol–water partition coefficient (Wildman–Crippen LogP) is 2.34. The van der Waals surface area contributed by atoms with Crippen LogP contribution in [0.15, 0.2) is 24.4 Å². The lowest BCUT2D eigenvalue weighted by molar-refractivity contribution is 0.0677. The monoisotopic (exact) mass is 371 g/mol. The van der Waals surface area contributed by atoms with E-state index in [1.165, 1.54) is 0 Å². The summed E-state index contributed by atoms with van der Waals surface area (Å²) < 4.78 is 7.26. The molecule has 1 saturated heterocycles. The fourth-order valence-corrected chi connectivity index (χ4v) is 3.51. The van der Waals surface area contributed by atoms with Gasteiger partial charge < -0.3 is 15.4 Å². The second kappa shape index (κ2) is 7.68. The third-order valence-electron chi connectivity index (χ3n) is 5.21. The summed E-state index contributed by atoms with van der Waals surface area (Å²) in [6, 6.07) is 5.70. The molecule has 146 valence electrons. The summed E-state index contributed by atoms with van der Waals surface area (Å²) >= 11 is 0. The topological polar surface area (TPSA) is 86.3 Å². The number of nitrogens with two attached hydrogens (primary N) is 1. The van der Waals surface area contributed by atoms with Gasteiger partial charge in [0.05, 0.1) is 24.4 Å². The largest absolute Gasteiger partial charge is 0.496 e. The van der Waals surface area contributed by atoms with Crippen molar-refractivity contribution in [2.45, 2.75) is 45.7 Å². The van der Waals surface area contributed by atoms with Crippen LogP contribution in [0.4, 0.5) is 0 Å². The highest BCUT2D eigenvalue weighted by atomic mass is 16.5. The van der Waals surface area contributed by atoms with Gasteiger partial charge in [0.1, 0.15) is 11.4 Å². The molecule has 7 nitrogen and oxygen atoms in total. The number of ether oxygens (including phenoxy) is 1. The van der Waals surface area contributed by atoms with E-state index in [0.29, 0.717) is 17.2 Å². The SMILES string of the molecule is COc1cccc(C)c1C(=O)N1CCC(Cn2cc(C(C)(C)N)nn2)CC1. The molecule has 1 aliphatic heterocycles. The molecule has 27 heavy (non-hydrogen) atoms. The van der Waals surface area contributed by atoms with E-state index in [4.69, 9.17) is 10.5 Å². The van der Waals surface area contributed by atoms with E-state index in [1.54, 1.807) is 7.11 Å². The third-order valence-corrected chi connectivity index (χ3v) is 5.21. The van der Waals surface area contributed by atoms with Crippen molar-refractivity contribution in [1.82, 2.24) is 19.9 Å². The molecule has 1 aromatic carbocycles. The van der Waals surface area contributed by atoms with Crippen molar-refractivity contribution in [3.8, 4) is 5.75 Å². The summed E-state index contributed by atoms with van der Waals surface area (Å²) in [6.45, 7) is 8.08. The number of rotatable bonds is 5. The maximum atomic E-state index is 13.0. The molecule has 0 atom stereocenters. The summed E-state index contributed by atoms with van der Waals surface area (Å²) in [5.74, 6) is 1.17. The summed E-state index contributed by atoms with van der Waals surface area (Å²) in [5.41, 5.74) is 8.00. The molecule has 0 aliphatic carbocycles. The molecule has 0 saturated carbocycles. The van der Waals surface area contributed by atoms with Crippen molar-refractivity contribution >= 4 is 5.91 Å². The van der Waals surface area contributed by atoms with Gasteiger partial charge in [-0.25, -0.2) is 0 Å². The molecule has 7 heteroatoms. The van der Waals surface area contributed by atoms with Crippen molar-refractivity contribution in [2.75, 3.05) is 20.2 Å². The number of nitrogens with zero attached hydrogens (tertiary/aromatic N) is 4. The van der Waals surface area contributed by atoms with Gasteiger partial charge in [-0.3, -0.25) is 9.48 Å². The second-order valence-electron chi connectivity index (χ2n) is 7.94. The van der Waals surface area contributed by atoms with E-state index in [2.05, 4.69) is 10.3 Å². The number of carbonyl (C=O) groups is 1. The zero-order chi connectivity index (χ0) is 19.6. The molecule has 2 heterocycles. The molecule has 1 fully saturated rings. The van der Waals surface area contributed by atoms with Crippen LogP contribution in [-0.2, 0) is 12.1 Å². The van der Waals surface area contributed by atoms with E-state index < -0.39 is 5.54 Å².